The highest BCUT2D eigenvalue weighted by Gasteiger charge is 2.20. The van der Waals surface area contributed by atoms with E-state index in [0.717, 1.165) is 57.8 Å². The second-order valence-electron chi connectivity index (χ2n) is 7.53. The van der Waals surface area contributed by atoms with E-state index in [2.05, 4.69) is 73.0 Å². The number of hydrogen-bond donors (Lipinski definition) is 2. The summed E-state index contributed by atoms with van der Waals surface area (Å²) < 4.78 is 4.77. The molecule has 0 aliphatic rings. The van der Waals surface area contributed by atoms with Crippen molar-refractivity contribution in [1.82, 2.24) is 5.32 Å². The van der Waals surface area contributed by atoms with Crippen LogP contribution in [0.3, 0.4) is 0 Å². The van der Waals surface area contributed by atoms with Crippen molar-refractivity contribution in [2.75, 3.05) is 13.7 Å². The number of amides is 1. The molecular weight excluding hydrogens is 400 g/mol. The van der Waals surface area contributed by atoms with Crippen LogP contribution in [0.5, 0.6) is 0 Å². The molecule has 1 atom stereocenters. The van der Waals surface area contributed by atoms with Crippen LogP contribution < -0.4 is 11.1 Å². The van der Waals surface area contributed by atoms with E-state index in [0.29, 0.717) is 19.4 Å². The summed E-state index contributed by atoms with van der Waals surface area (Å²) in [5, 5.41) is 2.78. The topological polar surface area (TPSA) is 81.4 Å². The van der Waals surface area contributed by atoms with E-state index < -0.39 is 12.0 Å². The maximum atomic E-state index is 12.1. The second-order valence-corrected chi connectivity index (χ2v) is 7.53. The van der Waals surface area contributed by atoms with Crippen LogP contribution >= 0.6 is 0 Å². The van der Waals surface area contributed by atoms with Gasteiger partial charge in [0.05, 0.1) is 7.11 Å². The van der Waals surface area contributed by atoms with Crippen molar-refractivity contribution in [3.63, 3.8) is 0 Å². The number of ether oxygens (including phenoxy) is 1. The van der Waals surface area contributed by atoms with Crippen LogP contribution in [0.4, 0.5) is 0 Å². The van der Waals surface area contributed by atoms with E-state index in [-0.39, 0.29) is 5.91 Å². The molecule has 0 unspecified atom stereocenters. The Hall–Kier alpha value is -2.40. The zero-order chi connectivity index (χ0) is 23.7. The number of methoxy groups -OCH3 is 1. The lowest BCUT2D eigenvalue weighted by Gasteiger charge is -2.16. The van der Waals surface area contributed by atoms with Crippen molar-refractivity contribution in [2.24, 2.45) is 5.73 Å². The monoisotopic (exact) mass is 444 g/mol. The molecule has 32 heavy (non-hydrogen) atoms. The molecule has 3 N–H and O–H groups in total. The van der Waals surface area contributed by atoms with Gasteiger partial charge in [0, 0.05) is 6.42 Å². The number of carbonyl (C=O) groups excluding carboxylic acids is 2. The van der Waals surface area contributed by atoms with Crippen LogP contribution in [-0.2, 0) is 14.3 Å². The van der Waals surface area contributed by atoms with E-state index >= 15 is 0 Å². The van der Waals surface area contributed by atoms with Gasteiger partial charge in [-0.3, -0.25) is 4.79 Å². The Bertz CT molecular complexity index is 618. The van der Waals surface area contributed by atoms with E-state index in [4.69, 9.17) is 10.5 Å². The van der Waals surface area contributed by atoms with Crippen LogP contribution in [0.25, 0.3) is 0 Å². The first-order valence-corrected chi connectivity index (χ1v) is 12.0. The highest BCUT2D eigenvalue weighted by Crippen LogP contribution is 2.05. The van der Waals surface area contributed by atoms with Crippen molar-refractivity contribution >= 4 is 11.9 Å². The molecule has 0 aromatic rings. The normalized spacial score (nSPS) is 13.2. The fourth-order valence-corrected chi connectivity index (χ4v) is 2.90. The minimum Gasteiger partial charge on any atom is -0.467 e. The number of esters is 1. The molecule has 5 nitrogen and oxygen atoms in total. The average Bonchev–Trinajstić information content (AvgIpc) is 2.80. The molecule has 0 heterocycles. The average molecular weight is 445 g/mol. The van der Waals surface area contributed by atoms with E-state index in [1.807, 2.05) is 0 Å². The minimum absolute atomic E-state index is 0.111. The number of carbonyl (C=O) groups is 2. The van der Waals surface area contributed by atoms with Crippen molar-refractivity contribution in [3.8, 4) is 0 Å². The Balaban J connectivity index is 3.84. The Morgan fingerprint density at radius 2 is 1.34 bits per heavy atom. The summed E-state index contributed by atoms with van der Waals surface area (Å²) in [5.41, 5.74) is 5.48. The van der Waals surface area contributed by atoms with Gasteiger partial charge in [-0.25, -0.2) is 4.79 Å². The SMILES string of the molecule is CC/C=C\C/C=C\C/C=C\C/C=C\C/C=C\CCCC(=O)N[C@@H](CCCCN)C(=O)OC. The molecule has 5 heteroatoms. The first kappa shape index (κ1) is 29.6. The van der Waals surface area contributed by atoms with Crippen LogP contribution in [0.2, 0.25) is 0 Å². The summed E-state index contributed by atoms with van der Waals surface area (Å²) in [6, 6.07) is -0.576. The Morgan fingerprint density at radius 3 is 1.84 bits per heavy atom. The molecule has 0 bridgehead atoms. The van der Waals surface area contributed by atoms with Gasteiger partial charge in [-0.15, -0.1) is 0 Å². The third-order valence-corrected chi connectivity index (χ3v) is 4.70. The highest BCUT2D eigenvalue weighted by atomic mass is 16.5. The molecule has 0 saturated heterocycles. The fourth-order valence-electron chi connectivity index (χ4n) is 2.90. The quantitative estimate of drug-likeness (QED) is 0.152. The first-order valence-electron chi connectivity index (χ1n) is 12.0. The summed E-state index contributed by atoms with van der Waals surface area (Å²) in [7, 11) is 1.34. The van der Waals surface area contributed by atoms with Gasteiger partial charge in [-0.2, -0.15) is 0 Å². The highest BCUT2D eigenvalue weighted by molar-refractivity contribution is 5.84. The zero-order valence-electron chi connectivity index (χ0n) is 20.1. The van der Waals surface area contributed by atoms with Crippen LogP contribution in [0.15, 0.2) is 60.8 Å². The number of allylic oxidation sites excluding steroid dienone is 10. The number of unbranched alkanes of at least 4 members (excludes halogenated alkanes) is 2. The van der Waals surface area contributed by atoms with Crippen molar-refractivity contribution in [2.45, 2.75) is 83.6 Å². The van der Waals surface area contributed by atoms with Gasteiger partial charge >= 0.3 is 5.97 Å². The summed E-state index contributed by atoms with van der Waals surface area (Å²) in [6.45, 7) is 2.72. The third-order valence-electron chi connectivity index (χ3n) is 4.70. The molecule has 1 amide bonds. The van der Waals surface area contributed by atoms with Crippen LogP contribution in [-0.4, -0.2) is 31.6 Å². The van der Waals surface area contributed by atoms with Crippen molar-refractivity contribution in [3.05, 3.63) is 60.8 Å². The minimum atomic E-state index is -0.576. The van der Waals surface area contributed by atoms with Crippen LogP contribution in [0.1, 0.15) is 77.6 Å². The lowest BCUT2D eigenvalue weighted by molar-refractivity contribution is -0.145. The summed E-state index contributed by atoms with van der Waals surface area (Å²) in [4.78, 5) is 23.9. The maximum absolute atomic E-state index is 12.1. The molecule has 0 fully saturated rings. The molecule has 0 rings (SSSR count). The van der Waals surface area contributed by atoms with Gasteiger partial charge in [-0.1, -0.05) is 67.7 Å². The van der Waals surface area contributed by atoms with E-state index in [1.165, 1.54) is 7.11 Å². The van der Waals surface area contributed by atoms with Gasteiger partial charge in [-0.05, 0) is 70.8 Å². The Morgan fingerprint density at radius 1 is 0.812 bits per heavy atom. The summed E-state index contributed by atoms with van der Waals surface area (Å²) >= 11 is 0. The lowest BCUT2D eigenvalue weighted by Crippen LogP contribution is -2.41. The molecule has 0 radical (unpaired) electrons. The van der Waals surface area contributed by atoms with Gasteiger partial charge in [0.25, 0.3) is 0 Å². The molecule has 0 aromatic heterocycles. The standard InChI is InChI=1S/C27H44N2O3/c1-3-4-5-6-7-8-9-10-11-12-13-14-15-16-17-18-19-23-26(30)29-25(27(31)32-2)22-20-21-24-28/h4-5,7-8,10-11,13-14,16-17,25H,3,6,9,12,15,18-24,28H2,1-2H3,(H,29,30)/b5-4-,8-7-,11-10-,14-13-,17-16-/t25-/m0/s1. The van der Waals surface area contributed by atoms with E-state index in [1.54, 1.807) is 0 Å². The van der Waals surface area contributed by atoms with E-state index in [9.17, 15) is 9.59 Å². The molecular formula is C27H44N2O3. The number of rotatable bonds is 19. The molecule has 180 valence electrons. The van der Waals surface area contributed by atoms with Gasteiger partial charge in [0.1, 0.15) is 6.04 Å². The number of hydrogen-bond acceptors (Lipinski definition) is 4. The maximum Gasteiger partial charge on any atom is 0.328 e. The van der Waals surface area contributed by atoms with Crippen molar-refractivity contribution in [1.29, 1.82) is 0 Å². The fraction of sp³-hybridized carbons (Fsp3) is 0.556. The number of nitrogens with two attached hydrogens (primary N) is 1. The van der Waals surface area contributed by atoms with Gasteiger partial charge in [0.15, 0.2) is 0 Å². The Labute approximate surface area is 195 Å². The predicted molar refractivity (Wildman–Crippen MR) is 135 cm³/mol. The largest absolute Gasteiger partial charge is 0.467 e. The van der Waals surface area contributed by atoms with Crippen LogP contribution in [0, 0.1) is 0 Å². The molecule has 0 aliphatic heterocycles. The molecule has 0 saturated carbocycles. The smallest absolute Gasteiger partial charge is 0.328 e. The number of nitrogens with one attached hydrogen (secondary N) is 1. The second kappa shape index (κ2) is 23.3. The predicted octanol–water partition coefficient (Wildman–Crippen LogP) is 5.69. The molecule has 0 aliphatic carbocycles. The summed E-state index contributed by atoms with van der Waals surface area (Å²) in [5.74, 6) is -0.506. The molecule has 0 spiro atoms. The summed E-state index contributed by atoms with van der Waals surface area (Å²) in [6.07, 6.45) is 30.8. The zero-order valence-corrected chi connectivity index (χ0v) is 20.1. The lowest BCUT2D eigenvalue weighted by atomic mass is 10.1. The van der Waals surface area contributed by atoms with Crippen molar-refractivity contribution < 1.29 is 14.3 Å². The van der Waals surface area contributed by atoms with Gasteiger partial charge in [0.2, 0.25) is 5.91 Å². The Kier molecular flexibility index (Phi) is 21.5. The first-order chi connectivity index (χ1) is 15.7. The third kappa shape index (κ3) is 19.6. The van der Waals surface area contributed by atoms with Gasteiger partial charge < -0.3 is 15.8 Å². The molecule has 0 aromatic carbocycles.